The van der Waals surface area contributed by atoms with Crippen LogP contribution in [0.4, 0.5) is 0 Å². The third-order valence-electron chi connectivity index (χ3n) is 3.19. The van der Waals surface area contributed by atoms with E-state index in [2.05, 4.69) is 6.92 Å². The lowest BCUT2D eigenvalue weighted by atomic mass is 10.1. The summed E-state index contributed by atoms with van der Waals surface area (Å²) < 4.78 is 10.2. The van der Waals surface area contributed by atoms with Gasteiger partial charge in [0, 0.05) is 6.42 Å². The van der Waals surface area contributed by atoms with Gasteiger partial charge in [0.15, 0.2) is 0 Å². The van der Waals surface area contributed by atoms with E-state index in [0.717, 1.165) is 12.8 Å². The van der Waals surface area contributed by atoms with Crippen LogP contribution in [-0.4, -0.2) is 24.6 Å². The predicted molar refractivity (Wildman–Crippen MR) is 79.4 cm³/mol. The second-order valence-electron chi connectivity index (χ2n) is 5.05. The van der Waals surface area contributed by atoms with Gasteiger partial charge >= 0.3 is 11.9 Å². The fourth-order valence-electron chi connectivity index (χ4n) is 1.97. The van der Waals surface area contributed by atoms with Gasteiger partial charge in [0.1, 0.15) is 6.10 Å². The Morgan fingerprint density at radius 2 is 1.55 bits per heavy atom. The Bertz CT molecular complexity index is 263. The molecule has 0 bridgehead atoms. The first-order valence-corrected chi connectivity index (χ1v) is 7.99. The van der Waals surface area contributed by atoms with Crippen molar-refractivity contribution in [1.29, 1.82) is 0 Å². The van der Waals surface area contributed by atoms with Gasteiger partial charge in [-0.15, -0.1) is 0 Å². The summed E-state index contributed by atoms with van der Waals surface area (Å²) in [7, 11) is 0. The van der Waals surface area contributed by atoms with E-state index in [1.165, 1.54) is 25.7 Å². The van der Waals surface area contributed by atoms with Gasteiger partial charge < -0.3 is 9.47 Å². The molecular weight excluding hydrogens is 256 g/mol. The zero-order chi connectivity index (χ0) is 15.2. The number of ether oxygens (including phenoxy) is 2. The molecule has 0 N–H and O–H groups in total. The molecule has 0 radical (unpaired) electrons. The topological polar surface area (TPSA) is 52.6 Å². The highest BCUT2D eigenvalue weighted by molar-refractivity contribution is 5.72. The summed E-state index contributed by atoms with van der Waals surface area (Å²) in [5.74, 6) is -0.497. The van der Waals surface area contributed by atoms with Gasteiger partial charge in [-0.25, -0.2) is 0 Å². The van der Waals surface area contributed by atoms with Crippen molar-refractivity contribution >= 4 is 11.9 Å². The minimum Gasteiger partial charge on any atom is -0.466 e. The third-order valence-corrected chi connectivity index (χ3v) is 3.19. The number of hydrogen-bond acceptors (Lipinski definition) is 4. The van der Waals surface area contributed by atoms with Crippen molar-refractivity contribution in [2.75, 3.05) is 6.61 Å². The molecule has 20 heavy (non-hydrogen) atoms. The number of esters is 2. The second kappa shape index (κ2) is 12.9. The normalized spacial score (nSPS) is 11.9. The van der Waals surface area contributed by atoms with Crippen molar-refractivity contribution in [3.63, 3.8) is 0 Å². The average molecular weight is 286 g/mol. The van der Waals surface area contributed by atoms with E-state index < -0.39 is 0 Å². The molecular formula is C16H30O4. The first-order chi connectivity index (χ1) is 9.63. The molecule has 0 fully saturated rings. The minimum absolute atomic E-state index is 0.159. The molecule has 0 rings (SSSR count). The summed E-state index contributed by atoms with van der Waals surface area (Å²) in [5.41, 5.74) is 0. The second-order valence-corrected chi connectivity index (χ2v) is 5.05. The molecule has 0 aromatic heterocycles. The summed E-state index contributed by atoms with van der Waals surface area (Å²) in [5, 5.41) is 0. The van der Waals surface area contributed by atoms with Crippen molar-refractivity contribution in [3.05, 3.63) is 0 Å². The largest absolute Gasteiger partial charge is 0.466 e. The van der Waals surface area contributed by atoms with E-state index in [1.807, 2.05) is 6.92 Å². The lowest BCUT2D eigenvalue weighted by Crippen LogP contribution is -2.22. The summed E-state index contributed by atoms with van der Waals surface area (Å²) in [6, 6.07) is 0. The molecule has 0 aromatic carbocycles. The van der Waals surface area contributed by atoms with Crippen molar-refractivity contribution in [3.8, 4) is 0 Å². The SMILES string of the molecule is CCCCCCCCC(=O)OC(CC)CC(=O)OCC. The summed E-state index contributed by atoms with van der Waals surface area (Å²) in [6.07, 6.45) is 7.77. The molecule has 0 aliphatic heterocycles. The molecule has 0 spiro atoms. The van der Waals surface area contributed by atoms with Crippen molar-refractivity contribution < 1.29 is 19.1 Å². The van der Waals surface area contributed by atoms with Crippen LogP contribution in [0.3, 0.4) is 0 Å². The van der Waals surface area contributed by atoms with E-state index >= 15 is 0 Å². The van der Waals surface area contributed by atoms with Gasteiger partial charge in [-0.05, 0) is 19.8 Å². The van der Waals surface area contributed by atoms with Gasteiger partial charge in [-0.2, -0.15) is 0 Å². The van der Waals surface area contributed by atoms with Gasteiger partial charge in [0.05, 0.1) is 13.0 Å². The first kappa shape index (κ1) is 18.9. The van der Waals surface area contributed by atoms with Crippen LogP contribution in [0.15, 0.2) is 0 Å². The first-order valence-electron chi connectivity index (χ1n) is 7.99. The van der Waals surface area contributed by atoms with Crippen molar-refractivity contribution in [1.82, 2.24) is 0 Å². The average Bonchev–Trinajstić information content (AvgIpc) is 2.42. The van der Waals surface area contributed by atoms with E-state index in [-0.39, 0.29) is 24.5 Å². The molecule has 118 valence electrons. The molecule has 0 amide bonds. The maximum atomic E-state index is 11.7. The Morgan fingerprint density at radius 3 is 2.15 bits per heavy atom. The van der Waals surface area contributed by atoms with E-state index in [1.54, 1.807) is 6.92 Å². The zero-order valence-electron chi connectivity index (χ0n) is 13.3. The van der Waals surface area contributed by atoms with Gasteiger partial charge in [0.2, 0.25) is 0 Å². The number of rotatable bonds is 12. The molecule has 4 nitrogen and oxygen atoms in total. The third kappa shape index (κ3) is 10.8. The quantitative estimate of drug-likeness (QED) is 0.402. The molecule has 0 saturated carbocycles. The zero-order valence-corrected chi connectivity index (χ0v) is 13.3. The monoisotopic (exact) mass is 286 g/mol. The number of carbonyl (C=O) groups excluding carboxylic acids is 2. The van der Waals surface area contributed by atoms with Crippen LogP contribution in [0.2, 0.25) is 0 Å². The summed E-state index contributed by atoms with van der Waals surface area (Å²) >= 11 is 0. The highest BCUT2D eigenvalue weighted by Gasteiger charge is 2.17. The van der Waals surface area contributed by atoms with Crippen LogP contribution < -0.4 is 0 Å². The maximum Gasteiger partial charge on any atom is 0.309 e. The lowest BCUT2D eigenvalue weighted by molar-refractivity contribution is -0.155. The highest BCUT2D eigenvalue weighted by atomic mass is 16.6. The Hall–Kier alpha value is -1.06. The standard InChI is InChI=1S/C16H30O4/c1-4-7-8-9-10-11-12-15(17)20-14(5-2)13-16(18)19-6-3/h14H,4-13H2,1-3H3. The van der Waals surface area contributed by atoms with E-state index in [0.29, 0.717) is 19.4 Å². The van der Waals surface area contributed by atoms with Gasteiger partial charge in [0.25, 0.3) is 0 Å². The molecule has 1 atom stereocenters. The van der Waals surface area contributed by atoms with Crippen molar-refractivity contribution in [2.45, 2.75) is 84.7 Å². The molecule has 0 heterocycles. The van der Waals surface area contributed by atoms with E-state index in [9.17, 15) is 9.59 Å². The number of unbranched alkanes of at least 4 members (excludes halogenated alkanes) is 5. The van der Waals surface area contributed by atoms with Crippen LogP contribution >= 0.6 is 0 Å². The molecule has 1 unspecified atom stereocenters. The predicted octanol–water partition coefficient (Wildman–Crippen LogP) is 4.01. The van der Waals surface area contributed by atoms with E-state index in [4.69, 9.17) is 9.47 Å². The Balaban J connectivity index is 3.72. The Kier molecular flexibility index (Phi) is 12.3. The maximum absolute atomic E-state index is 11.7. The number of hydrogen-bond donors (Lipinski definition) is 0. The molecule has 0 aromatic rings. The molecule has 0 saturated heterocycles. The van der Waals surface area contributed by atoms with Gasteiger partial charge in [-0.3, -0.25) is 9.59 Å². The van der Waals surface area contributed by atoms with Crippen LogP contribution in [0, 0.1) is 0 Å². The van der Waals surface area contributed by atoms with Gasteiger partial charge in [-0.1, -0.05) is 46.0 Å². The Labute approximate surface area is 123 Å². The summed E-state index contributed by atoms with van der Waals surface area (Å²) in [4.78, 5) is 23.0. The molecule has 4 heteroatoms. The highest BCUT2D eigenvalue weighted by Crippen LogP contribution is 2.10. The minimum atomic E-state index is -0.346. The Morgan fingerprint density at radius 1 is 0.900 bits per heavy atom. The number of carbonyl (C=O) groups is 2. The fraction of sp³-hybridized carbons (Fsp3) is 0.875. The molecule has 0 aliphatic rings. The fourth-order valence-corrected chi connectivity index (χ4v) is 1.97. The van der Waals surface area contributed by atoms with Crippen LogP contribution in [0.1, 0.15) is 78.6 Å². The van der Waals surface area contributed by atoms with Crippen molar-refractivity contribution in [2.24, 2.45) is 0 Å². The van der Waals surface area contributed by atoms with Crippen LogP contribution in [0.25, 0.3) is 0 Å². The lowest BCUT2D eigenvalue weighted by Gasteiger charge is -2.15. The van der Waals surface area contributed by atoms with Crippen LogP contribution in [-0.2, 0) is 19.1 Å². The summed E-state index contributed by atoms with van der Waals surface area (Å²) in [6.45, 7) is 6.22. The molecule has 0 aliphatic carbocycles. The smallest absolute Gasteiger partial charge is 0.309 e. The van der Waals surface area contributed by atoms with Crippen LogP contribution in [0.5, 0.6) is 0 Å².